The van der Waals surface area contributed by atoms with Crippen molar-refractivity contribution in [2.75, 3.05) is 18.0 Å². The second kappa shape index (κ2) is 5.92. The number of hydrogen-bond acceptors (Lipinski definition) is 6. The molecule has 3 N–H and O–H groups in total. The van der Waals surface area contributed by atoms with Crippen LogP contribution in [-0.4, -0.2) is 28.2 Å². The zero-order valence-corrected chi connectivity index (χ0v) is 9.54. The van der Waals surface area contributed by atoms with Crippen LogP contribution in [0.3, 0.4) is 0 Å². The van der Waals surface area contributed by atoms with E-state index in [2.05, 4.69) is 15.3 Å². The standard InChI is InChI=1S/C9H11N5OS/c1-6-4-7(11)14-9(13-6)16-5-8(15)12-3-2-10/h4H,3,5H2,1H3,(H,12,15)(H2,11,13,14). The normalized spacial score (nSPS) is 9.50. The van der Waals surface area contributed by atoms with Crippen LogP contribution in [-0.2, 0) is 4.79 Å². The first-order valence-corrected chi connectivity index (χ1v) is 5.48. The molecule has 0 fully saturated rings. The quantitative estimate of drug-likeness (QED) is 0.437. The fourth-order valence-corrected chi connectivity index (χ4v) is 1.69. The number of anilines is 1. The topological polar surface area (TPSA) is 105 Å². The maximum Gasteiger partial charge on any atom is 0.231 e. The molecular weight excluding hydrogens is 226 g/mol. The first-order valence-electron chi connectivity index (χ1n) is 4.49. The van der Waals surface area contributed by atoms with Gasteiger partial charge in [0.2, 0.25) is 5.91 Å². The molecule has 1 aromatic rings. The number of nitrogens with one attached hydrogen (secondary N) is 1. The van der Waals surface area contributed by atoms with Crippen molar-refractivity contribution in [3.05, 3.63) is 11.8 Å². The summed E-state index contributed by atoms with van der Waals surface area (Å²) in [5.41, 5.74) is 6.29. The summed E-state index contributed by atoms with van der Waals surface area (Å²) in [7, 11) is 0. The number of amides is 1. The van der Waals surface area contributed by atoms with Gasteiger partial charge in [-0.15, -0.1) is 0 Å². The van der Waals surface area contributed by atoms with Crippen molar-refractivity contribution in [2.24, 2.45) is 0 Å². The number of aromatic nitrogens is 2. The van der Waals surface area contributed by atoms with Crippen LogP contribution in [0.4, 0.5) is 5.82 Å². The number of aryl methyl sites for hydroxylation is 1. The van der Waals surface area contributed by atoms with Gasteiger partial charge in [-0.25, -0.2) is 9.97 Å². The highest BCUT2D eigenvalue weighted by molar-refractivity contribution is 7.99. The molecule has 0 unspecified atom stereocenters. The lowest BCUT2D eigenvalue weighted by molar-refractivity contribution is -0.118. The van der Waals surface area contributed by atoms with E-state index in [0.717, 1.165) is 5.69 Å². The van der Waals surface area contributed by atoms with Gasteiger partial charge in [0.05, 0.1) is 11.8 Å². The summed E-state index contributed by atoms with van der Waals surface area (Å²) in [6.07, 6.45) is 0. The van der Waals surface area contributed by atoms with E-state index in [1.165, 1.54) is 11.8 Å². The van der Waals surface area contributed by atoms with Gasteiger partial charge in [0, 0.05) is 11.8 Å². The van der Waals surface area contributed by atoms with Crippen molar-refractivity contribution in [2.45, 2.75) is 12.1 Å². The van der Waals surface area contributed by atoms with Crippen LogP contribution in [0.25, 0.3) is 0 Å². The second-order valence-corrected chi connectivity index (χ2v) is 3.88. The van der Waals surface area contributed by atoms with Gasteiger partial charge in [0.15, 0.2) is 5.16 Å². The highest BCUT2D eigenvalue weighted by Gasteiger charge is 2.05. The summed E-state index contributed by atoms with van der Waals surface area (Å²) in [6.45, 7) is 1.81. The van der Waals surface area contributed by atoms with Gasteiger partial charge >= 0.3 is 0 Å². The molecule has 1 heterocycles. The highest BCUT2D eigenvalue weighted by Crippen LogP contribution is 2.14. The zero-order valence-electron chi connectivity index (χ0n) is 8.73. The molecule has 1 amide bonds. The predicted octanol–water partition coefficient (Wildman–Crippen LogP) is 0.0991. The number of nitrogens with two attached hydrogens (primary N) is 1. The molecule has 0 aromatic carbocycles. The van der Waals surface area contributed by atoms with E-state index in [1.807, 2.05) is 6.07 Å². The van der Waals surface area contributed by atoms with Crippen LogP contribution in [0.15, 0.2) is 11.2 Å². The van der Waals surface area contributed by atoms with E-state index < -0.39 is 0 Å². The van der Waals surface area contributed by atoms with E-state index in [1.54, 1.807) is 13.0 Å². The van der Waals surface area contributed by atoms with E-state index in [4.69, 9.17) is 11.0 Å². The van der Waals surface area contributed by atoms with Crippen molar-refractivity contribution in [1.82, 2.24) is 15.3 Å². The van der Waals surface area contributed by atoms with Gasteiger partial charge in [-0.2, -0.15) is 5.26 Å². The largest absolute Gasteiger partial charge is 0.384 e. The van der Waals surface area contributed by atoms with Crippen LogP contribution in [0, 0.1) is 18.3 Å². The highest BCUT2D eigenvalue weighted by atomic mass is 32.2. The maximum absolute atomic E-state index is 11.2. The molecular formula is C9H11N5OS. The number of hydrogen-bond donors (Lipinski definition) is 2. The third kappa shape index (κ3) is 4.14. The second-order valence-electron chi connectivity index (χ2n) is 2.94. The molecule has 16 heavy (non-hydrogen) atoms. The predicted molar refractivity (Wildman–Crippen MR) is 60.5 cm³/mol. The Morgan fingerprint density at radius 1 is 1.69 bits per heavy atom. The third-order valence-corrected chi connectivity index (χ3v) is 2.40. The van der Waals surface area contributed by atoms with Crippen molar-refractivity contribution in [3.63, 3.8) is 0 Å². The van der Waals surface area contributed by atoms with E-state index >= 15 is 0 Å². The monoisotopic (exact) mass is 237 g/mol. The van der Waals surface area contributed by atoms with Gasteiger partial charge in [-0.05, 0) is 6.92 Å². The molecule has 0 saturated heterocycles. The van der Waals surface area contributed by atoms with Gasteiger partial charge in [0.1, 0.15) is 12.4 Å². The number of nitrogen functional groups attached to an aromatic ring is 1. The number of carbonyl (C=O) groups excluding carboxylic acids is 1. The van der Waals surface area contributed by atoms with Crippen LogP contribution >= 0.6 is 11.8 Å². The SMILES string of the molecule is Cc1cc(N)nc(SCC(=O)NCC#N)n1. The molecule has 1 aromatic heterocycles. The Kier molecular flexibility index (Phi) is 4.54. The van der Waals surface area contributed by atoms with Crippen molar-refractivity contribution < 1.29 is 4.79 Å². The van der Waals surface area contributed by atoms with Crippen molar-refractivity contribution in [3.8, 4) is 6.07 Å². The molecule has 0 bridgehead atoms. The fraction of sp³-hybridized carbons (Fsp3) is 0.333. The van der Waals surface area contributed by atoms with Crippen LogP contribution in [0.1, 0.15) is 5.69 Å². The first-order chi connectivity index (χ1) is 7.61. The first kappa shape index (κ1) is 12.3. The zero-order chi connectivity index (χ0) is 12.0. The number of nitriles is 1. The van der Waals surface area contributed by atoms with Crippen LogP contribution in [0.5, 0.6) is 0 Å². The van der Waals surface area contributed by atoms with Crippen LogP contribution < -0.4 is 11.1 Å². The van der Waals surface area contributed by atoms with Gasteiger partial charge in [-0.1, -0.05) is 11.8 Å². The molecule has 0 atom stereocenters. The Labute approximate surface area is 97.3 Å². The Hall–Kier alpha value is -1.81. The number of thioether (sulfide) groups is 1. The van der Waals surface area contributed by atoms with E-state index in [9.17, 15) is 4.79 Å². The smallest absolute Gasteiger partial charge is 0.231 e. The summed E-state index contributed by atoms with van der Waals surface area (Å²) >= 11 is 1.18. The average molecular weight is 237 g/mol. The minimum Gasteiger partial charge on any atom is -0.384 e. The molecule has 7 heteroatoms. The number of rotatable bonds is 4. The van der Waals surface area contributed by atoms with Crippen LogP contribution in [0.2, 0.25) is 0 Å². The Morgan fingerprint density at radius 3 is 3.06 bits per heavy atom. The molecule has 0 saturated carbocycles. The minimum atomic E-state index is -0.227. The molecule has 6 nitrogen and oxygen atoms in total. The third-order valence-electron chi connectivity index (χ3n) is 1.55. The van der Waals surface area contributed by atoms with Gasteiger partial charge < -0.3 is 11.1 Å². The summed E-state index contributed by atoms with van der Waals surface area (Å²) in [4.78, 5) is 19.3. The molecule has 1 rings (SSSR count). The molecule has 0 radical (unpaired) electrons. The van der Waals surface area contributed by atoms with Crippen molar-refractivity contribution in [1.29, 1.82) is 5.26 Å². The Balaban J connectivity index is 2.48. The van der Waals surface area contributed by atoms with E-state index in [0.29, 0.717) is 11.0 Å². The number of carbonyl (C=O) groups is 1. The lowest BCUT2D eigenvalue weighted by Crippen LogP contribution is -2.25. The van der Waals surface area contributed by atoms with Crippen molar-refractivity contribution >= 4 is 23.5 Å². The van der Waals surface area contributed by atoms with E-state index in [-0.39, 0.29) is 18.2 Å². The molecule has 0 aliphatic rings. The minimum absolute atomic E-state index is 0.0101. The number of nitrogens with zero attached hydrogens (tertiary/aromatic N) is 3. The van der Waals surface area contributed by atoms with Gasteiger partial charge in [-0.3, -0.25) is 4.79 Å². The summed E-state index contributed by atoms with van der Waals surface area (Å²) in [5, 5.41) is 11.1. The Morgan fingerprint density at radius 2 is 2.44 bits per heavy atom. The molecule has 0 aliphatic carbocycles. The van der Waals surface area contributed by atoms with Gasteiger partial charge in [0.25, 0.3) is 0 Å². The lowest BCUT2D eigenvalue weighted by atomic mass is 10.4. The Bertz CT molecular complexity index is 408. The molecule has 84 valence electrons. The maximum atomic E-state index is 11.2. The summed E-state index contributed by atoms with van der Waals surface area (Å²) in [6, 6.07) is 3.48. The fourth-order valence-electron chi connectivity index (χ4n) is 0.949. The molecule has 0 aliphatic heterocycles. The molecule has 0 spiro atoms. The summed E-state index contributed by atoms with van der Waals surface area (Å²) in [5.74, 6) is 0.326. The lowest BCUT2D eigenvalue weighted by Gasteiger charge is -2.02. The average Bonchev–Trinajstić information content (AvgIpc) is 2.22. The summed E-state index contributed by atoms with van der Waals surface area (Å²) < 4.78 is 0.